The lowest BCUT2D eigenvalue weighted by Gasteiger charge is -2.22. The monoisotopic (exact) mass is 369 g/mol. The van der Waals surface area contributed by atoms with E-state index < -0.39 is 0 Å². The predicted molar refractivity (Wildman–Crippen MR) is 103 cm³/mol. The number of aromatic nitrogens is 1. The summed E-state index contributed by atoms with van der Waals surface area (Å²) in [6, 6.07) is 12.1. The van der Waals surface area contributed by atoms with Crippen LogP contribution in [-0.4, -0.2) is 46.9 Å². The Hall–Kier alpha value is -1.91. The fourth-order valence-electron chi connectivity index (χ4n) is 4.27. The van der Waals surface area contributed by atoms with Crippen molar-refractivity contribution in [3.8, 4) is 0 Å². The molecular weight excluding hydrogens is 346 g/mol. The van der Waals surface area contributed by atoms with Crippen molar-refractivity contribution in [2.75, 3.05) is 26.2 Å². The number of halogens is 1. The van der Waals surface area contributed by atoms with Gasteiger partial charge < -0.3 is 4.90 Å². The summed E-state index contributed by atoms with van der Waals surface area (Å²) >= 11 is 6.09. The number of benzene rings is 1. The smallest absolute Gasteiger partial charge is 0.222 e. The van der Waals surface area contributed by atoms with Gasteiger partial charge in [-0.05, 0) is 47.6 Å². The molecule has 0 spiro atoms. The highest BCUT2D eigenvalue weighted by atomic mass is 35.5. The summed E-state index contributed by atoms with van der Waals surface area (Å²) in [4.78, 5) is 21.2. The Kier molecular flexibility index (Phi) is 5.23. The van der Waals surface area contributed by atoms with Gasteiger partial charge in [-0.25, -0.2) is 0 Å². The van der Waals surface area contributed by atoms with Crippen LogP contribution in [0.15, 0.2) is 48.8 Å². The number of likely N-dealkylation sites (tertiary alicyclic amines) is 2. The van der Waals surface area contributed by atoms with E-state index in [1.807, 2.05) is 36.5 Å². The maximum absolute atomic E-state index is 12.5. The number of nitrogens with zero attached hydrogens (tertiary/aromatic N) is 3. The van der Waals surface area contributed by atoms with Crippen LogP contribution < -0.4 is 0 Å². The molecule has 0 saturated carbocycles. The zero-order valence-electron chi connectivity index (χ0n) is 14.9. The van der Waals surface area contributed by atoms with E-state index in [0.717, 1.165) is 49.7 Å². The predicted octanol–water partition coefficient (Wildman–Crippen LogP) is 3.26. The highest BCUT2D eigenvalue weighted by Gasteiger charge is 2.41. The molecule has 2 atom stereocenters. The van der Waals surface area contributed by atoms with Gasteiger partial charge in [0, 0.05) is 56.6 Å². The van der Waals surface area contributed by atoms with Gasteiger partial charge >= 0.3 is 0 Å². The van der Waals surface area contributed by atoms with Crippen LogP contribution in [-0.2, 0) is 17.8 Å². The summed E-state index contributed by atoms with van der Waals surface area (Å²) in [6.07, 6.45) is 4.97. The molecule has 1 amide bonds. The van der Waals surface area contributed by atoms with E-state index in [4.69, 9.17) is 11.6 Å². The van der Waals surface area contributed by atoms with Crippen molar-refractivity contribution >= 4 is 17.5 Å². The number of hydrogen-bond donors (Lipinski definition) is 0. The summed E-state index contributed by atoms with van der Waals surface area (Å²) in [7, 11) is 0. The van der Waals surface area contributed by atoms with Crippen LogP contribution in [0.5, 0.6) is 0 Å². The van der Waals surface area contributed by atoms with E-state index in [2.05, 4.69) is 20.9 Å². The zero-order valence-corrected chi connectivity index (χ0v) is 15.6. The van der Waals surface area contributed by atoms with Gasteiger partial charge in [-0.3, -0.25) is 14.7 Å². The van der Waals surface area contributed by atoms with Crippen LogP contribution in [0.4, 0.5) is 0 Å². The largest absolute Gasteiger partial charge is 0.342 e. The average molecular weight is 370 g/mol. The Morgan fingerprint density at radius 2 is 1.85 bits per heavy atom. The van der Waals surface area contributed by atoms with Crippen LogP contribution in [0.1, 0.15) is 17.5 Å². The molecule has 4 rings (SSSR count). The molecule has 4 nitrogen and oxygen atoms in total. The summed E-state index contributed by atoms with van der Waals surface area (Å²) in [5.74, 6) is 1.50. The molecule has 2 aliphatic rings. The van der Waals surface area contributed by atoms with Crippen molar-refractivity contribution in [1.29, 1.82) is 0 Å². The fourth-order valence-corrected chi connectivity index (χ4v) is 4.48. The maximum Gasteiger partial charge on any atom is 0.222 e. The first-order valence-corrected chi connectivity index (χ1v) is 9.68. The highest BCUT2D eigenvalue weighted by Crippen LogP contribution is 2.32. The van der Waals surface area contributed by atoms with Crippen molar-refractivity contribution in [1.82, 2.24) is 14.8 Å². The van der Waals surface area contributed by atoms with E-state index in [-0.39, 0.29) is 5.91 Å². The lowest BCUT2D eigenvalue weighted by atomic mass is 10.0. The highest BCUT2D eigenvalue weighted by molar-refractivity contribution is 6.30. The van der Waals surface area contributed by atoms with Crippen LogP contribution in [0.25, 0.3) is 0 Å². The Bertz CT molecular complexity index is 753. The minimum atomic E-state index is 0.282. The molecule has 2 fully saturated rings. The SMILES string of the molecule is O=C(CCc1cccnc1)N1C[C@H]2CN(Cc3cccc(Cl)c3)C[C@H]2C1. The molecule has 2 saturated heterocycles. The van der Waals surface area contributed by atoms with Gasteiger partial charge in [0.05, 0.1) is 0 Å². The maximum atomic E-state index is 12.5. The van der Waals surface area contributed by atoms with Crippen molar-refractivity contribution in [3.63, 3.8) is 0 Å². The first-order chi connectivity index (χ1) is 12.7. The standard InChI is InChI=1S/C21H24ClN3O/c22-20-5-1-3-17(9-20)11-24-12-18-14-25(15-19(18)13-24)21(26)7-6-16-4-2-8-23-10-16/h1-5,8-10,18-19H,6-7,11-15H2/t18-,19+. The molecule has 2 aliphatic heterocycles. The molecule has 0 bridgehead atoms. The zero-order chi connectivity index (χ0) is 17.9. The van der Waals surface area contributed by atoms with Gasteiger partial charge in [-0.1, -0.05) is 29.8 Å². The Morgan fingerprint density at radius 1 is 1.08 bits per heavy atom. The second-order valence-electron chi connectivity index (χ2n) is 7.50. The molecule has 5 heteroatoms. The van der Waals surface area contributed by atoms with Gasteiger partial charge in [0.25, 0.3) is 0 Å². The normalized spacial score (nSPS) is 22.6. The molecule has 136 valence electrons. The number of hydrogen-bond acceptors (Lipinski definition) is 3. The van der Waals surface area contributed by atoms with Crippen LogP contribution in [0, 0.1) is 11.8 Å². The van der Waals surface area contributed by atoms with Crippen molar-refractivity contribution in [2.45, 2.75) is 19.4 Å². The first-order valence-electron chi connectivity index (χ1n) is 9.31. The number of carbonyl (C=O) groups excluding carboxylic acids is 1. The van der Waals surface area contributed by atoms with Gasteiger partial charge in [-0.2, -0.15) is 0 Å². The minimum Gasteiger partial charge on any atom is -0.342 e. The molecule has 0 aliphatic carbocycles. The first kappa shape index (κ1) is 17.5. The summed E-state index contributed by atoms with van der Waals surface area (Å²) in [5, 5.41) is 0.798. The molecule has 3 heterocycles. The molecule has 0 N–H and O–H groups in total. The molecule has 26 heavy (non-hydrogen) atoms. The number of aryl methyl sites for hydroxylation is 1. The Morgan fingerprint density at radius 3 is 2.54 bits per heavy atom. The Balaban J connectivity index is 1.26. The quantitative estimate of drug-likeness (QED) is 0.811. The van der Waals surface area contributed by atoms with E-state index in [1.165, 1.54) is 5.56 Å². The number of amides is 1. The van der Waals surface area contributed by atoms with Gasteiger partial charge in [-0.15, -0.1) is 0 Å². The van der Waals surface area contributed by atoms with Crippen molar-refractivity contribution < 1.29 is 4.79 Å². The van der Waals surface area contributed by atoms with Gasteiger partial charge in [0.1, 0.15) is 0 Å². The molecule has 2 aromatic rings. The number of rotatable bonds is 5. The molecule has 1 aromatic carbocycles. The van der Waals surface area contributed by atoms with Crippen LogP contribution in [0.3, 0.4) is 0 Å². The van der Waals surface area contributed by atoms with Crippen molar-refractivity contribution in [2.24, 2.45) is 11.8 Å². The molecule has 0 unspecified atom stereocenters. The van der Waals surface area contributed by atoms with E-state index in [1.54, 1.807) is 6.20 Å². The summed E-state index contributed by atoms with van der Waals surface area (Å²) in [5.41, 5.74) is 2.40. The third kappa shape index (κ3) is 4.08. The van der Waals surface area contributed by atoms with Gasteiger partial charge in [0.15, 0.2) is 0 Å². The lowest BCUT2D eigenvalue weighted by molar-refractivity contribution is -0.130. The lowest BCUT2D eigenvalue weighted by Crippen LogP contribution is -2.33. The number of carbonyl (C=O) groups is 1. The number of pyridine rings is 1. The van der Waals surface area contributed by atoms with Crippen molar-refractivity contribution in [3.05, 3.63) is 64.9 Å². The molecular formula is C21H24ClN3O. The van der Waals surface area contributed by atoms with Gasteiger partial charge in [0.2, 0.25) is 5.91 Å². The minimum absolute atomic E-state index is 0.282. The van der Waals surface area contributed by atoms with E-state index >= 15 is 0 Å². The van der Waals surface area contributed by atoms with E-state index in [0.29, 0.717) is 18.3 Å². The third-order valence-corrected chi connectivity index (χ3v) is 5.80. The number of fused-ring (bicyclic) bond motifs is 1. The summed E-state index contributed by atoms with van der Waals surface area (Å²) in [6.45, 7) is 4.90. The second kappa shape index (κ2) is 7.77. The molecule has 0 radical (unpaired) electrons. The molecule has 1 aromatic heterocycles. The van der Waals surface area contributed by atoms with Crippen LogP contribution >= 0.6 is 11.6 Å². The average Bonchev–Trinajstić information content (AvgIpc) is 3.19. The fraction of sp³-hybridized carbons (Fsp3) is 0.429. The summed E-state index contributed by atoms with van der Waals surface area (Å²) < 4.78 is 0. The topological polar surface area (TPSA) is 36.4 Å². The second-order valence-corrected chi connectivity index (χ2v) is 7.94. The van der Waals surface area contributed by atoms with E-state index in [9.17, 15) is 4.79 Å². The third-order valence-electron chi connectivity index (χ3n) is 5.56. The van der Waals surface area contributed by atoms with Crippen LogP contribution in [0.2, 0.25) is 5.02 Å². The Labute approximate surface area is 159 Å².